The van der Waals surface area contributed by atoms with E-state index in [4.69, 9.17) is 9.84 Å². The van der Waals surface area contributed by atoms with Crippen LogP contribution < -0.4 is 10.1 Å². The van der Waals surface area contributed by atoms with Crippen LogP contribution in [0.1, 0.15) is 57.9 Å². The number of benzene rings is 1. The normalized spacial score (nSPS) is 15.1. The highest BCUT2D eigenvalue weighted by molar-refractivity contribution is 5.76. The van der Waals surface area contributed by atoms with Crippen molar-refractivity contribution >= 4 is 11.9 Å². The van der Waals surface area contributed by atoms with Gasteiger partial charge >= 0.3 is 5.97 Å². The fourth-order valence-electron chi connectivity index (χ4n) is 2.94. The van der Waals surface area contributed by atoms with E-state index >= 15 is 0 Å². The highest BCUT2D eigenvalue weighted by Crippen LogP contribution is 2.25. The summed E-state index contributed by atoms with van der Waals surface area (Å²) in [4.78, 5) is 23.0. The Hall–Kier alpha value is -2.04. The first-order valence-electron chi connectivity index (χ1n) is 9.12. The van der Waals surface area contributed by atoms with Gasteiger partial charge in [-0.3, -0.25) is 9.59 Å². The Morgan fingerprint density at radius 3 is 2.68 bits per heavy atom. The molecule has 0 spiro atoms. The summed E-state index contributed by atoms with van der Waals surface area (Å²) in [6.07, 6.45) is 6.51. The molecule has 0 saturated heterocycles. The van der Waals surface area contributed by atoms with Crippen molar-refractivity contribution in [3.05, 3.63) is 29.8 Å². The van der Waals surface area contributed by atoms with Crippen LogP contribution >= 0.6 is 0 Å². The average Bonchev–Trinajstić information content (AvgIpc) is 3.06. The smallest absolute Gasteiger partial charge is 0.309 e. The molecule has 0 unspecified atom stereocenters. The summed E-state index contributed by atoms with van der Waals surface area (Å²) in [6.45, 7) is 3.71. The molecule has 25 heavy (non-hydrogen) atoms. The van der Waals surface area contributed by atoms with Crippen molar-refractivity contribution in [2.45, 2.75) is 64.9 Å². The van der Waals surface area contributed by atoms with Crippen LogP contribution in [0.25, 0.3) is 0 Å². The fraction of sp³-hybridized carbons (Fsp3) is 0.600. The monoisotopic (exact) mass is 347 g/mol. The first-order chi connectivity index (χ1) is 11.9. The number of ether oxygens (including phenoxy) is 1. The molecule has 0 aliphatic heterocycles. The number of hydrogen-bond acceptors (Lipinski definition) is 3. The molecule has 0 heterocycles. The summed E-state index contributed by atoms with van der Waals surface area (Å²) in [7, 11) is 0. The van der Waals surface area contributed by atoms with Crippen molar-refractivity contribution < 1.29 is 19.4 Å². The van der Waals surface area contributed by atoms with Crippen LogP contribution in [0.5, 0.6) is 5.75 Å². The number of nitrogens with one attached hydrogen (secondary N) is 1. The molecule has 1 fully saturated rings. The van der Waals surface area contributed by atoms with Crippen LogP contribution in [0.2, 0.25) is 0 Å². The van der Waals surface area contributed by atoms with E-state index in [0.29, 0.717) is 31.9 Å². The largest absolute Gasteiger partial charge is 0.490 e. The number of hydrogen-bond donors (Lipinski definition) is 2. The van der Waals surface area contributed by atoms with Crippen LogP contribution in [0, 0.1) is 5.41 Å². The standard InChI is InChI=1S/C20H29NO4/c1-20(2,19(23)24)12-13-21-18(22)11-10-15-6-5-9-17(14-15)25-16-7-3-4-8-16/h5-6,9,14,16H,3-4,7-8,10-13H2,1-2H3,(H,21,22)(H,23,24). The van der Waals surface area contributed by atoms with Crippen molar-refractivity contribution in [3.8, 4) is 5.75 Å². The Labute approximate surface area is 149 Å². The summed E-state index contributed by atoms with van der Waals surface area (Å²) in [5.74, 6) is -0.0165. The number of carboxylic acid groups (broad SMARTS) is 1. The van der Waals surface area contributed by atoms with E-state index in [0.717, 1.165) is 24.2 Å². The summed E-state index contributed by atoms with van der Waals surface area (Å²) in [5.41, 5.74) is 0.260. The van der Waals surface area contributed by atoms with Gasteiger partial charge in [-0.25, -0.2) is 0 Å². The summed E-state index contributed by atoms with van der Waals surface area (Å²) >= 11 is 0. The molecule has 1 amide bonds. The summed E-state index contributed by atoms with van der Waals surface area (Å²) < 4.78 is 5.99. The highest BCUT2D eigenvalue weighted by Gasteiger charge is 2.26. The quantitative estimate of drug-likeness (QED) is 0.716. The highest BCUT2D eigenvalue weighted by atomic mass is 16.5. The lowest BCUT2D eigenvalue weighted by molar-refractivity contribution is -0.147. The summed E-state index contributed by atoms with van der Waals surface area (Å²) in [6, 6.07) is 7.95. The Morgan fingerprint density at radius 1 is 1.28 bits per heavy atom. The van der Waals surface area contributed by atoms with E-state index in [2.05, 4.69) is 5.32 Å². The second-order valence-electron chi connectivity index (χ2n) is 7.46. The zero-order valence-corrected chi connectivity index (χ0v) is 15.2. The van der Waals surface area contributed by atoms with Gasteiger partial charge in [-0.05, 0) is 70.1 Å². The molecule has 5 nitrogen and oxygen atoms in total. The SMILES string of the molecule is CC(C)(CCNC(=O)CCc1cccc(OC2CCCC2)c1)C(=O)O. The number of aliphatic carboxylic acids is 1. The second-order valence-corrected chi connectivity index (χ2v) is 7.46. The molecular formula is C20H29NO4. The van der Waals surface area contributed by atoms with Crippen molar-refractivity contribution in [2.24, 2.45) is 5.41 Å². The maximum atomic E-state index is 11.9. The number of carboxylic acids is 1. The molecule has 1 aromatic carbocycles. The first kappa shape index (κ1) is 19.3. The molecule has 0 bridgehead atoms. The topological polar surface area (TPSA) is 75.6 Å². The zero-order valence-electron chi connectivity index (χ0n) is 15.2. The molecule has 1 aliphatic rings. The third-order valence-corrected chi connectivity index (χ3v) is 4.80. The van der Waals surface area contributed by atoms with Crippen LogP contribution in [-0.4, -0.2) is 29.6 Å². The minimum absolute atomic E-state index is 0.0525. The minimum Gasteiger partial charge on any atom is -0.490 e. The van der Waals surface area contributed by atoms with E-state index in [-0.39, 0.29) is 5.91 Å². The summed E-state index contributed by atoms with van der Waals surface area (Å²) in [5, 5.41) is 11.9. The predicted molar refractivity (Wildman–Crippen MR) is 96.7 cm³/mol. The number of aryl methyl sites for hydroxylation is 1. The Kier molecular flexibility index (Phi) is 6.85. The van der Waals surface area contributed by atoms with Gasteiger partial charge in [0.15, 0.2) is 0 Å². The Bertz CT molecular complexity index is 591. The lowest BCUT2D eigenvalue weighted by Crippen LogP contribution is -2.32. The molecule has 2 rings (SSSR count). The van der Waals surface area contributed by atoms with Crippen LogP contribution in [0.4, 0.5) is 0 Å². The molecule has 0 radical (unpaired) electrons. The molecule has 1 aromatic rings. The van der Waals surface area contributed by atoms with E-state index < -0.39 is 11.4 Å². The molecule has 138 valence electrons. The second kappa shape index (κ2) is 8.88. The lowest BCUT2D eigenvalue weighted by Gasteiger charge is -2.18. The maximum Gasteiger partial charge on any atom is 0.309 e. The fourth-order valence-corrected chi connectivity index (χ4v) is 2.94. The Balaban J connectivity index is 1.73. The molecule has 0 aromatic heterocycles. The molecule has 0 atom stereocenters. The van der Waals surface area contributed by atoms with Gasteiger partial charge in [-0.15, -0.1) is 0 Å². The minimum atomic E-state index is -0.846. The lowest BCUT2D eigenvalue weighted by atomic mass is 9.90. The van der Waals surface area contributed by atoms with Crippen LogP contribution in [0.3, 0.4) is 0 Å². The van der Waals surface area contributed by atoms with Gasteiger partial charge in [0.2, 0.25) is 5.91 Å². The van der Waals surface area contributed by atoms with Crippen molar-refractivity contribution in [2.75, 3.05) is 6.54 Å². The zero-order chi connectivity index (χ0) is 18.3. The van der Waals surface area contributed by atoms with Crippen molar-refractivity contribution in [1.29, 1.82) is 0 Å². The number of amides is 1. The van der Waals surface area contributed by atoms with Crippen molar-refractivity contribution in [1.82, 2.24) is 5.32 Å². The van der Waals surface area contributed by atoms with Gasteiger partial charge in [0.1, 0.15) is 5.75 Å². The molecule has 2 N–H and O–H groups in total. The first-order valence-corrected chi connectivity index (χ1v) is 9.12. The van der Waals surface area contributed by atoms with E-state index in [1.54, 1.807) is 13.8 Å². The van der Waals surface area contributed by atoms with E-state index in [9.17, 15) is 9.59 Å². The molecule has 5 heteroatoms. The van der Waals surface area contributed by atoms with Crippen LogP contribution in [-0.2, 0) is 16.0 Å². The van der Waals surface area contributed by atoms with Crippen LogP contribution in [0.15, 0.2) is 24.3 Å². The third-order valence-electron chi connectivity index (χ3n) is 4.80. The maximum absolute atomic E-state index is 11.9. The number of carbonyl (C=O) groups excluding carboxylic acids is 1. The average molecular weight is 347 g/mol. The van der Waals surface area contributed by atoms with Gasteiger partial charge in [0, 0.05) is 13.0 Å². The number of carbonyl (C=O) groups is 2. The Morgan fingerprint density at radius 2 is 2.00 bits per heavy atom. The van der Waals surface area contributed by atoms with Gasteiger partial charge in [-0.2, -0.15) is 0 Å². The van der Waals surface area contributed by atoms with Gasteiger partial charge in [0.05, 0.1) is 11.5 Å². The van der Waals surface area contributed by atoms with Crippen molar-refractivity contribution in [3.63, 3.8) is 0 Å². The number of rotatable bonds is 9. The van der Waals surface area contributed by atoms with E-state index in [1.807, 2.05) is 24.3 Å². The van der Waals surface area contributed by atoms with Gasteiger partial charge < -0.3 is 15.2 Å². The third kappa shape index (κ3) is 6.40. The molecule has 1 saturated carbocycles. The molecular weight excluding hydrogens is 318 g/mol. The molecule has 1 aliphatic carbocycles. The predicted octanol–water partition coefficient (Wildman–Crippen LogP) is 3.56. The van der Waals surface area contributed by atoms with Gasteiger partial charge in [-0.1, -0.05) is 12.1 Å². The van der Waals surface area contributed by atoms with Gasteiger partial charge in [0.25, 0.3) is 0 Å². The van der Waals surface area contributed by atoms with E-state index in [1.165, 1.54) is 12.8 Å².